The summed E-state index contributed by atoms with van der Waals surface area (Å²) in [4.78, 5) is 17.4. The highest BCUT2D eigenvalue weighted by atomic mass is 16.6. The van der Waals surface area contributed by atoms with Gasteiger partial charge >= 0.3 is 0 Å². The second kappa shape index (κ2) is 7.50. The SMILES string of the molecule is C=C(C)CN1CCC(Nc2cc(C#N)c3cc([N+](=O)[O-])ccc3n2)CC1. The van der Waals surface area contributed by atoms with Gasteiger partial charge in [0, 0.05) is 43.2 Å². The largest absolute Gasteiger partial charge is 0.367 e. The summed E-state index contributed by atoms with van der Waals surface area (Å²) in [6, 6.07) is 8.50. The van der Waals surface area contributed by atoms with Crippen LogP contribution in [-0.4, -0.2) is 40.5 Å². The minimum atomic E-state index is -0.467. The number of likely N-dealkylation sites (tertiary alicyclic amines) is 1. The number of fused-ring (bicyclic) bond motifs is 1. The van der Waals surface area contributed by atoms with Gasteiger partial charge in [-0.05, 0) is 31.9 Å². The summed E-state index contributed by atoms with van der Waals surface area (Å²) in [5.74, 6) is 0.640. The number of nitrogens with one attached hydrogen (secondary N) is 1. The number of nitriles is 1. The summed E-state index contributed by atoms with van der Waals surface area (Å²) in [5.41, 5.74) is 2.10. The second-order valence-corrected chi connectivity index (χ2v) is 6.78. The molecule has 2 heterocycles. The lowest BCUT2D eigenvalue weighted by atomic mass is 10.0. The summed E-state index contributed by atoms with van der Waals surface area (Å²) < 4.78 is 0. The molecule has 1 aromatic carbocycles. The van der Waals surface area contributed by atoms with Crippen LogP contribution in [0.25, 0.3) is 10.9 Å². The Morgan fingerprint density at radius 1 is 1.46 bits per heavy atom. The van der Waals surface area contributed by atoms with Crippen molar-refractivity contribution in [2.75, 3.05) is 25.0 Å². The van der Waals surface area contributed by atoms with E-state index in [4.69, 9.17) is 0 Å². The van der Waals surface area contributed by atoms with E-state index in [9.17, 15) is 15.4 Å². The first kappa shape index (κ1) is 17.8. The molecule has 26 heavy (non-hydrogen) atoms. The third-order valence-corrected chi connectivity index (χ3v) is 4.56. The van der Waals surface area contributed by atoms with Crippen molar-refractivity contribution in [2.45, 2.75) is 25.8 Å². The highest BCUT2D eigenvalue weighted by molar-refractivity contribution is 5.88. The molecule has 7 heteroatoms. The molecule has 0 unspecified atom stereocenters. The number of nitrogens with zero attached hydrogens (tertiary/aromatic N) is 4. The Balaban J connectivity index is 1.77. The summed E-state index contributed by atoms with van der Waals surface area (Å²) in [7, 11) is 0. The molecule has 0 atom stereocenters. The van der Waals surface area contributed by atoms with Crippen LogP contribution >= 0.6 is 0 Å². The quantitative estimate of drug-likeness (QED) is 0.503. The average molecular weight is 351 g/mol. The Hall–Kier alpha value is -2.98. The number of nitro groups is 1. The molecular formula is C19H21N5O2. The summed E-state index contributed by atoms with van der Waals surface area (Å²) >= 11 is 0. The van der Waals surface area contributed by atoms with Crippen molar-refractivity contribution in [1.29, 1.82) is 5.26 Å². The maximum absolute atomic E-state index is 10.9. The first-order valence-electron chi connectivity index (χ1n) is 8.59. The zero-order valence-corrected chi connectivity index (χ0v) is 14.7. The number of hydrogen-bond acceptors (Lipinski definition) is 6. The summed E-state index contributed by atoms with van der Waals surface area (Å²) in [6.07, 6.45) is 1.99. The smallest absolute Gasteiger partial charge is 0.270 e. The number of nitro benzene ring substituents is 1. The lowest BCUT2D eigenvalue weighted by Gasteiger charge is -2.32. The van der Waals surface area contributed by atoms with Crippen LogP contribution in [0.15, 0.2) is 36.4 Å². The molecule has 0 bridgehead atoms. The fraction of sp³-hybridized carbons (Fsp3) is 0.368. The minimum absolute atomic E-state index is 0.0404. The van der Waals surface area contributed by atoms with E-state index >= 15 is 0 Å². The van der Waals surface area contributed by atoms with Gasteiger partial charge in [-0.1, -0.05) is 12.2 Å². The number of pyridine rings is 1. The van der Waals surface area contributed by atoms with Gasteiger partial charge in [-0.2, -0.15) is 5.26 Å². The Morgan fingerprint density at radius 3 is 2.81 bits per heavy atom. The molecular weight excluding hydrogens is 330 g/mol. The third-order valence-electron chi connectivity index (χ3n) is 4.56. The highest BCUT2D eigenvalue weighted by Gasteiger charge is 2.20. The lowest BCUT2D eigenvalue weighted by Crippen LogP contribution is -2.39. The van der Waals surface area contributed by atoms with E-state index < -0.39 is 4.92 Å². The van der Waals surface area contributed by atoms with Gasteiger partial charge in [-0.3, -0.25) is 15.0 Å². The first-order valence-corrected chi connectivity index (χ1v) is 8.59. The second-order valence-electron chi connectivity index (χ2n) is 6.78. The average Bonchev–Trinajstić information content (AvgIpc) is 2.61. The molecule has 134 valence electrons. The molecule has 1 saturated heterocycles. The summed E-state index contributed by atoms with van der Waals surface area (Å²) in [6.45, 7) is 8.92. The van der Waals surface area contributed by atoms with Gasteiger partial charge in [-0.25, -0.2) is 4.98 Å². The molecule has 1 aliphatic heterocycles. The topological polar surface area (TPSA) is 95.1 Å². The van der Waals surface area contributed by atoms with Gasteiger partial charge in [0.1, 0.15) is 5.82 Å². The van der Waals surface area contributed by atoms with Crippen LogP contribution in [0.1, 0.15) is 25.3 Å². The zero-order chi connectivity index (χ0) is 18.7. The molecule has 2 aromatic rings. The van der Waals surface area contributed by atoms with Crippen LogP contribution in [0.5, 0.6) is 0 Å². The molecule has 0 spiro atoms. The molecule has 1 aromatic heterocycles. The van der Waals surface area contributed by atoms with Gasteiger partial charge in [-0.15, -0.1) is 0 Å². The van der Waals surface area contributed by atoms with E-state index in [1.165, 1.54) is 17.7 Å². The fourth-order valence-corrected chi connectivity index (χ4v) is 3.32. The van der Waals surface area contributed by atoms with Crippen molar-refractivity contribution in [3.63, 3.8) is 0 Å². The molecule has 1 fully saturated rings. The fourth-order valence-electron chi connectivity index (χ4n) is 3.32. The van der Waals surface area contributed by atoms with Gasteiger partial charge < -0.3 is 5.32 Å². The maximum Gasteiger partial charge on any atom is 0.270 e. The van der Waals surface area contributed by atoms with Crippen molar-refractivity contribution in [3.8, 4) is 6.07 Å². The maximum atomic E-state index is 10.9. The summed E-state index contributed by atoms with van der Waals surface area (Å²) in [5, 5.41) is 24.3. The van der Waals surface area contributed by atoms with Crippen LogP contribution in [0.3, 0.4) is 0 Å². The molecule has 0 amide bonds. The number of piperidine rings is 1. The van der Waals surface area contributed by atoms with Gasteiger partial charge in [0.25, 0.3) is 5.69 Å². The molecule has 0 saturated carbocycles. The molecule has 1 N–H and O–H groups in total. The van der Waals surface area contributed by atoms with Crippen molar-refractivity contribution >= 4 is 22.4 Å². The Bertz CT molecular complexity index is 895. The molecule has 0 radical (unpaired) electrons. The van der Waals surface area contributed by atoms with E-state index in [0.717, 1.165) is 32.5 Å². The Labute approximate surface area is 152 Å². The van der Waals surface area contributed by atoms with Crippen molar-refractivity contribution in [2.24, 2.45) is 0 Å². The van der Waals surface area contributed by atoms with Gasteiger partial charge in [0.15, 0.2) is 0 Å². The standard InChI is InChI=1S/C19H21N5O2/c1-13(2)12-23-7-5-15(6-8-23)21-19-9-14(11-20)17-10-16(24(25)26)3-4-18(17)22-19/h3-4,9-10,15H,1,5-8,12H2,2H3,(H,21,22). The van der Waals surface area contributed by atoms with Crippen LogP contribution in [0.2, 0.25) is 0 Å². The number of non-ortho nitro benzene ring substituents is 1. The number of benzene rings is 1. The van der Waals surface area contributed by atoms with Crippen molar-refractivity contribution in [1.82, 2.24) is 9.88 Å². The Kier molecular flexibility index (Phi) is 5.14. The lowest BCUT2D eigenvalue weighted by molar-refractivity contribution is -0.384. The van der Waals surface area contributed by atoms with Crippen LogP contribution < -0.4 is 5.32 Å². The van der Waals surface area contributed by atoms with E-state index in [1.807, 2.05) is 6.92 Å². The third kappa shape index (κ3) is 3.98. The van der Waals surface area contributed by atoms with E-state index in [-0.39, 0.29) is 5.69 Å². The first-order chi connectivity index (χ1) is 12.5. The van der Waals surface area contributed by atoms with Crippen molar-refractivity contribution < 1.29 is 4.92 Å². The predicted molar refractivity (Wildman–Crippen MR) is 101 cm³/mol. The molecule has 3 rings (SSSR count). The minimum Gasteiger partial charge on any atom is -0.367 e. The molecule has 1 aliphatic rings. The van der Waals surface area contributed by atoms with Crippen LogP contribution in [-0.2, 0) is 0 Å². The number of hydrogen-bond donors (Lipinski definition) is 1. The highest BCUT2D eigenvalue weighted by Crippen LogP contribution is 2.26. The monoisotopic (exact) mass is 351 g/mol. The molecule has 0 aliphatic carbocycles. The Morgan fingerprint density at radius 2 is 2.19 bits per heavy atom. The molecule has 7 nitrogen and oxygen atoms in total. The van der Waals surface area contributed by atoms with Crippen LogP contribution in [0, 0.1) is 21.4 Å². The van der Waals surface area contributed by atoms with Crippen LogP contribution in [0.4, 0.5) is 11.5 Å². The van der Waals surface area contributed by atoms with Crippen molar-refractivity contribution in [3.05, 3.63) is 52.1 Å². The number of rotatable bonds is 5. The van der Waals surface area contributed by atoms with E-state index in [1.54, 1.807) is 12.1 Å². The van der Waals surface area contributed by atoms with E-state index in [2.05, 4.69) is 27.8 Å². The van der Waals surface area contributed by atoms with Gasteiger partial charge in [0.05, 0.1) is 22.1 Å². The predicted octanol–water partition coefficient (Wildman–Crippen LogP) is 3.47. The van der Waals surface area contributed by atoms with E-state index in [0.29, 0.717) is 28.3 Å². The normalized spacial score (nSPS) is 15.5. The zero-order valence-electron chi connectivity index (χ0n) is 14.7. The number of aromatic nitrogens is 1. The number of anilines is 1. The van der Waals surface area contributed by atoms with Gasteiger partial charge in [0.2, 0.25) is 0 Å².